The summed E-state index contributed by atoms with van der Waals surface area (Å²) in [6, 6.07) is 1.97. The second-order valence-corrected chi connectivity index (χ2v) is 7.02. The lowest BCUT2D eigenvalue weighted by Crippen LogP contribution is -2.41. The Bertz CT molecular complexity index is 563. The molecule has 2 fully saturated rings. The zero-order valence-corrected chi connectivity index (χ0v) is 13.1. The zero-order chi connectivity index (χ0) is 15.3. The van der Waals surface area contributed by atoms with E-state index in [1.54, 1.807) is 12.4 Å². The fraction of sp³-hybridized carbons (Fsp3) is 0.562. The first-order valence-electron chi connectivity index (χ1n) is 7.44. The molecule has 112 valence electrons. The number of rotatable bonds is 3. The van der Waals surface area contributed by atoms with Crippen LogP contribution in [-0.2, 0) is 14.9 Å². The van der Waals surface area contributed by atoms with Crippen LogP contribution in [0.1, 0.15) is 51.7 Å². The topological polar surface area (TPSA) is 51.6 Å². The van der Waals surface area contributed by atoms with Gasteiger partial charge in [-0.15, -0.1) is 0 Å². The van der Waals surface area contributed by atoms with E-state index < -0.39 is 5.60 Å². The van der Waals surface area contributed by atoms with Crippen molar-refractivity contribution in [2.24, 2.45) is 0 Å². The van der Waals surface area contributed by atoms with Crippen LogP contribution in [0.15, 0.2) is 24.4 Å². The molecule has 0 spiro atoms. The first-order valence-corrected chi connectivity index (χ1v) is 7.44. The van der Waals surface area contributed by atoms with Crippen molar-refractivity contribution in [3.05, 3.63) is 35.6 Å². The summed E-state index contributed by atoms with van der Waals surface area (Å²) in [7, 11) is -0.359. The summed E-state index contributed by atoms with van der Waals surface area (Å²) in [5, 5.41) is 10.1. The van der Waals surface area contributed by atoms with Gasteiger partial charge in [-0.3, -0.25) is 4.98 Å². The lowest BCUT2D eigenvalue weighted by atomic mass is 9.89. The van der Waals surface area contributed by atoms with Crippen LogP contribution in [0.5, 0.6) is 0 Å². The molecule has 0 atom stereocenters. The van der Waals surface area contributed by atoms with Gasteiger partial charge in [-0.1, -0.05) is 12.1 Å². The SMILES string of the molecule is CC1(C)OB(/C=C/c2cncc(C3(O)CC3)c2)OC1(C)C. The highest BCUT2D eigenvalue weighted by Crippen LogP contribution is 2.45. The monoisotopic (exact) mass is 287 g/mol. The predicted octanol–water partition coefficient (Wildman–Crippen LogP) is 2.71. The number of hydrogen-bond donors (Lipinski definition) is 1. The standard InChI is InChI=1S/C16H22BNO3/c1-14(2)15(3,4)21-17(20-14)8-5-12-9-13(11-18-10-12)16(19)6-7-16/h5,8-11,19H,6-7H2,1-4H3/b8-5+. The molecule has 0 unspecified atom stereocenters. The molecule has 3 rings (SSSR count). The minimum Gasteiger partial charge on any atom is -0.400 e. The fourth-order valence-electron chi connectivity index (χ4n) is 2.37. The molecule has 5 heteroatoms. The number of aliphatic hydroxyl groups is 1. The van der Waals surface area contributed by atoms with Gasteiger partial charge in [-0.2, -0.15) is 0 Å². The van der Waals surface area contributed by atoms with Crippen molar-refractivity contribution in [3.63, 3.8) is 0 Å². The zero-order valence-electron chi connectivity index (χ0n) is 13.1. The van der Waals surface area contributed by atoms with Gasteiger partial charge in [0.1, 0.15) is 0 Å². The molecule has 1 aliphatic carbocycles. The first kappa shape index (κ1) is 14.8. The molecule has 0 aromatic carbocycles. The molecular weight excluding hydrogens is 265 g/mol. The number of aromatic nitrogens is 1. The van der Waals surface area contributed by atoms with Crippen LogP contribution < -0.4 is 0 Å². The molecule has 1 aromatic rings. The van der Waals surface area contributed by atoms with E-state index in [1.165, 1.54) is 0 Å². The predicted molar refractivity (Wildman–Crippen MR) is 82.5 cm³/mol. The highest BCUT2D eigenvalue weighted by Gasteiger charge is 2.50. The van der Waals surface area contributed by atoms with E-state index in [-0.39, 0.29) is 18.3 Å². The summed E-state index contributed by atoms with van der Waals surface area (Å²) in [4.78, 5) is 4.20. The van der Waals surface area contributed by atoms with Crippen LogP contribution in [-0.4, -0.2) is 28.4 Å². The lowest BCUT2D eigenvalue weighted by Gasteiger charge is -2.32. The van der Waals surface area contributed by atoms with Crippen LogP contribution in [0.3, 0.4) is 0 Å². The quantitative estimate of drug-likeness (QED) is 0.868. The van der Waals surface area contributed by atoms with Gasteiger partial charge in [-0.25, -0.2) is 0 Å². The van der Waals surface area contributed by atoms with Gasteiger partial charge in [0, 0.05) is 18.0 Å². The van der Waals surface area contributed by atoms with Gasteiger partial charge in [0.15, 0.2) is 0 Å². The highest BCUT2D eigenvalue weighted by molar-refractivity contribution is 6.52. The normalized spacial score (nSPS) is 25.5. The lowest BCUT2D eigenvalue weighted by molar-refractivity contribution is 0.00578. The Balaban J connectivity index is 1.73. The third kappa shape index (κ3) is 2.78. The number of hydrogen-bond acceptors (Lipinski definition) is 4. The summed E-state index contributed by atoms with van der Waals surface area (Å²) in [5.41, 5.74) is 0.527. The van der Waals surface area contributed by atoms with Crippen molar-refractivity contribution in [2.45, 2.75) is 57.3 Å². The summed E-state index contributed by atoms with van der Waals surface area (Å²) >= 11 is 0. The van der Waals surface area contributed by atoms with Gasteiger partial charge in [0.25, 0.3) is 0 Å². The second-order valence-electron chi connectivity index (χ2n) is 7.02. The van der Waals surface area contributed by atoms with Crippen molar-refractivity contribution in [1.82, 2.24) is 4.98 Å². The van der Waals surface area contributed by atoms with Gasteiger partial charge < -0.3 is 14.4 Å². The van der Waals surface area contributed by atoms with Crippen molar-refractivity contribution >= 4 is 13.2 Å². The Morgan fingerprint density at radius 3 is 2.33 bits per heavy atom. The van der Waals surface area contributed by atoms with Gasteiger partial charge >= 0.3 is 7.12 Å². The molecule has 2 aliphatic rings. The Morgan fingerprint density at radius 2 is 1.76 bits per heavy atom. The number of nitrogens with zero attached hydrogens (tertiary/aromatic N) is 1. The maximum absolute atomic E-state index is 10.1. The largest absolute Gasteiger partial charge is 0.487 e. The average Bonchev–Trinajstić information content (AvgIpc) is 3.10. The van der Waals surface area contributed by atoms with Crippen LogP contribution in [0.2, 0.25) is 0 Å². The Morgan fingerprint density at radius 1 is 1.14 bits per heavy atom. The Labute approximate surface area is 126 Å². The van der Waals surface area contributed by atoms with Gasteiger partial charge in [0.05, 0.1) is 16.8 Å². The molecule has 1 saturated carbocycles. The van der Waals surface area contributed by atoms with E-state index in [9.17, 15) is 5.11 Å². The Kier molecular flexibility index (Phi) is 3.28. The maximum atomic E-state index is 10.1. The van der Waals surface area contributed by atoms with E-state index in [0.29, 0.717) is 0 Å². The molecule has 4 nitrogen and oxygen atoms in total. The average molecular weight is 287 g/mol. The minimum absolute atomic E-state index is 0.328. The molecule has 1 aliphatic heterocycles. The van der Waals surface area contributed by atoms with Crippen LogP contribution in [0.25, 0.3) is 6.08 Å². The summed E-state index contributed by atoms with van der Waals surface area (Å²) in [6.45, 7) is 8.13. The second kappa shape index (κ2) is 4.67. The van der Waals surface area contributed by atoms with E-state index in [2.05, 4.69) is 4.98 Å². The molecule has 2 heterocycles. The fourth-order valence-corrected chi connectivity index (χ4v) is 2.37. The molecule has 0 amide bonds. The van der Waals surface area contributed by atoms with Crippen LogP contribution in [0, 0.1) is 0 Å². The van der Waals surface area contributed by atoms with Crippen molar-refractivity contribution in [1.29, 1.82) is 0 Å². The maximum Gasteiger partial charge on any atom is 0.487 e. The van der Waals surface area contributed by atoms with Crippen molar-refractivity contribution in [2.75, 3.05) is 0 Å². The third-order valence-electron chi connectivity index (χ3n) is 4.74. The van der Waals surface area contributed by atoms with E-state index in [1.807, 2.05) is 45.8 Å². The van der Waals surface area contributed by atoms with Gasteiger partial charge in [0.2, 0.25) is 0 Å². The first-order chi connectivity index (χ1) is 9.72. The van der Waals surface area contributed by atoms with Crippen LogP contribution >= 0.6 is 0 Å². The molecule has 0 bridgehead atoms. The molecule has 1 N–H and O–H groups in total. The summed E-state index contributed by atoms with van der Waals surface area (Å²) in [5.74, 6) is 1.90. The Hall–Kier alpha value is -1.17. The summed E-state index contributed by atoms with van der Waals surface area (Å²) < 4.78 is 11.8. The molecule has 0 radical (unpaired) electrons. The van der Waals surface area contributed by atoms with Crippen molar-refractivity contribution in [3.8, 4) is 0 Å². The molecule has 1 aromatic heterocycles. The number of pyridine rings is 1. The van der Waals surface area contributed by atoms with Crippen molar-refractivity contribution < 1.29 is 14.4 Å². The third-order valence-corrected chi connectivity index (χ3v) is 4.74. The van der Waals surface area contributed by atoms with E-state index >= 15 is 0 Å². The highest BCUT2D eigenvalue weighted by atomic mass is 16.7. The van der Waals surface area contributed by atoms with Gasteiger partial charge in [-0.05, 0) is 52.2 Å². The van der Waals surface area contributed by atoms with E-state index in [4.69, 9.17) is 9.31 Å². The molecule has 1 saturated heterocycles. The minimum atomic E-state index is -0.652. The smallest absolute Gasteiger partial charge is 0.400 e. The summed E-state index contributed by atoms with van der Waals surface area (Å²) in [6.07, 6.45) is 7.08. The molecular formula is C16H22BNO3. The van der Waals surface area contributed by atoms with E-state index in [0.717, 1.165) is 24.0 Å². The molecule has 21 heavy (non-hydrogen) atoms. The van der Waals surface area contributed by atoms with Crippen LogP contribution in [0.4, 0.5) is 0 Å².